The van der Waals surface area contributed by atoms with Crippen LogP contribution < -0.4 is 0 Å². The molecule has 0 bridgehead atoms. The summed E-state index contributed by atoms with van der Waals surface area (Å²) in [5.74, 6) is 6.88. The molecule has 9 unspecified atom stereocenters. The summed E-state index contributed by atoms with van der Waals surface area (Å²) >= 11 is 10.1. The highest BCUT2D eigenvalue weighted by molar-refractivity contribution is 7.81. The molecule has 0 aliphatic heterocycles. The van der Waals surface area contributed by atoms with Crippen molar-refractivity contribution >= 4 is 25.3 Å². The lowest BCUT2D eigenvalue weighted by molar-refractivity contribution is -0.0151. The second-order valence-corrected chi connectivity index (χ2v) is 12.3. The van der Waals surface area contributed by atoms with Crippen LogP contribution in [0.1, 0.15) is 97.3 Å². The fourth-order valence-corrected chi connectivity index (χ4v) is 8.76. The van der Waals surface area contributed by atoms with Gasteiger partial charge < -0.3 is 0 Å². The van der Waals surface area contributed by atoms with Crippen LogP contribution in [0.2, 0.25) is 0 Å². The van der Waals surface area contributed by atoms with Crippen LogP contribution in [-0.2, 0) is 0 Å². The average Bonchev–Trinajstić information content (AvgIpc) is 2.98. The highest BCUT2D eigenvalue weighted by Gasteiger charge is 2.56. The summed E-state index contributed by atoms with van der Waals surface area (Å²) in [5, 5.41) is 0.539. The number of hydrogen-bond donors (Lipinski definition) is 2. The Morgan fingerprint density at radius 1 is 0.885 bits per heavy atom. The molecule has 0 N–H and O–H groups in total. The van der Waals surface area contributed by atoms with E-state index in [9.17, 15) is 0 Å². The molecule has 4 aliphatic rings. The van der Waals surface area contributed by atoms with Crippen LogP contribution in [-0.4, -0.2) is 10.00 Å². The molecule has 2 heteroatoms. The Kier molecular flexibility index (Phi) is 6.31. The summed E-state index contributed by atoms with van der Waals surface area (Å²) in [5.41, 5.74) is 0. The molecule has 0 aromatic rings. The zero-order chi connectivity index (χ0) is 18.3. The first-order valence-electron chi connectivity index (χ1n) is 11.9. The molecule has 4 aliphatic carbocycles. The van der Waals surface area contributed by atoms with E-state index in [2.05, 4.69) is 26.5 Å². The second-order valence-electron chi connectivity index (χ2n) is 10.7. The van der Waals surface area contributed by atoms with E-state index in [1.54, 1.807) is 25.7 Å². The summed E-state index contributed by atoms with van der Waals surface area (Å²) < 4.78 is 0.387. The maximum Gasteiger partial charge on any atom is 0.0189 e. The molecule has 4 saturated carbocycles. The number of hydrogen-bond acceptors (Lipinski definition) is 2. The predicted octanol–water partition coefficient (Wildman–Crippen LogP) is 7.43. The molecule has 4 rings (SSSR count). The number of rotatable bonds is 5. The van der Waals surface area contributed by atoms with Crippen molar-refractivity contribution in [2.24, 2.45) is 41.4 Å². The van der Waals surface area contributed by atoms with Crippen LogP contribution in [0.5, 0.6) is 0 Å². The third-order valence-corrected chi connectivity index (χ3v) is 11.0. The zero-order valence-corrected chi connectivity index (χ0v) is 19.0. The molecule has 9 atom stereocenters. The molecule has 4 fully saturated rings. The minimum Gasteiger partial charge on any atom is -0.176 e. The van der Waals surface area contributed by atoms with Gasteiger partial charge >= 0.3 is 0 Å². The van der Waals surface area contributed by atoms with Crippen molar-refractivity contribution < 1.29 is 0 Å². The SMILES string of the molecule is CC(S)C(C)CCCC1CCC2C3CCC4CCCCC4C3CCC12S. The van der Waals surface area contributed by atoms with Gasteiger partial charge in [0.1, 0.15) is 0 Å². The smallest absolute Gasteiger partial charge is 0.0189 e. The van der Waals surface area contributed by atoms with Crippen LogP contribution in [0, 0.1) is 41.4 Å². The summed E-state index contributed by atoms with van der Waals surface area (Å²) in [4.78, 5) is 0. The Hall–Kier alpha value is 0.700. The number of thiol groups is 2. The number of fused-ring (bicyclic) bond motifs is 5. The van der Waals surface area contributed by atoms with Gasteiger partial charge in [-0.2, -0.15) is 25.3 Å². The molecular formula is C24H42S2. The fourth-order valence-electron chi connectivity index (χ4n) is 7.90. The average molecular weight is 395 g/mol. The van der Waals surface area contributed by atoms with Crippen molar-refractivity contribution in [2.75, 3.05) is 0 Å². The highest BCUT2D eigenvalue weighted by Crippen LogP contribution is 2.63. The Morgan fingerprint density at radius 2 is 1.69 bits per heavy atom. The first kappa shape index (κ1) is 20.0. The van der Waals surface area contributed by atoms with Crippen molar-refractivity contribution in [3.63, 3.8) is 0 Å². The van der Waals surface area contributed by atoms with E-state index in [1.807, 2.05) is 0 Å². The Labute approximate surface area is 173 Å². The highest BCUT2D eigenvalue weighted by atomic mass is 32.1. The van der Waals surface area contributed by atoms with Gasteiger partial charge in [0.2, 0.25) is 0 Å². The Bertz CT molecular complexity index is 475. The van der Waals surface area contributed by atoms with E-state index in [1.165, 1.54) is 57.8 Å². The van der Waals surface area contributed by atoms with Crippen molar-refractivity contribution in [3.8, 4) is 0 Å². The minimum atomic E-state index is 0.387. The van der Waals surface area contributed by atoms with E-state index >= 15 is 0 Å². The van der Waals surface area contributed by atoms with Crippen LogP contribution >= 0.6 is 25.3 Å². The van der Waals surface area contributed by atoms with Crippen molar-refractivity contribution in [3.05, 3.63) is 0 Å². The molecular weight excluding hydrogens is 352 g/mol. The topological polar surface area (TPSA) is 0 Å². The molecule has 0 nitrogen and oxygen atoms in total. The Morgan fingerprint density at radius 3 is 2.50 bits per heavy atom. The molecule has 0 radical (unpaired) electrons. The largest absolute Gasteiger partial charge is 0.176 e. The van der Waals surface area contributed by atoms with Crippen molar-refractivity contribution in [1.29, 1.82) is 0 Å². The lowest BCUT2D eigenvalue weighted by Gasteiger charge is -2.55. The van der Waals surface area contributed by atoms with Gasteiger partial charge in [0.05, 0.1) is 0 Å². The van der Waals surface area contributed by atoms with Crippen LogP contribution in [0.3, 0.4) is 0 Å². The van der Waals surface area contributed by atoms with Gasteiger partial charge in [-0.3, -0.25) is 0 Å². The molecule has 0 amide bonds. The van der Waals surface area contributed by atoms with Crippen LogP contribution in [0.15, 0.2) is 0 Å². The normalized spacial score (nSPS) is 47.5. The molecule has 0 saturated heterocycles. The first-order valence-corrected chi connectivity index (χ1v) is 12.9. The second kappa shape index (κ2) is 8.21. The van der Waals surface area contributed by atoms with Gasteiger partial charge in [-0.05, 0) is 99.2 Å². The molecule has 0 heterocycles. The lowest BCUT2D eigenvalue weighted by Crippen LogP contribution is -2.50. The standard InChI is InChI=1S/C24H42S2/c1-16(17(2)25)6-5-8-19-11-13-23-22-12-10-18-7-3-4-9-20(18)21(22)14-15-24(19,23)26/h16-23,25-26H,3-15H2,1-2H3. The summed E-state index contributed by atoms with van der Waals surface area (Å²) in [6.07, 6.45) is 19.3. The monoisotopic (exact) mass is 394 g/mol. The molecule has 0 aromatic heterocycles. The van der Waals surface area contributed by atoms with Gasteiger partial charge in [0.15, 0.2) is 0 Å². The molecule has 150 valence electrons. The first-order chi connectivity index (χ1) is 12.5. The van der Waals surface area contributed by atoms with E-state index in [4.69, 9.17) is 12.6 Å². The van der Waals surface area contributed by atoms with Crippen molar-refractivity contribution in [2.45, 2.75) is 107 Å². The third kappa shape index (κ3) is 3.64. The van der Waals surface area contributed by atoms with E-state index in [0.717, 1.165) is 41.4 Å². The van der Waals surface area contributed by atoms with Crippen LogP contribution in [0.25, 0.3) is 0 Å². The van der Waals surface area contributed by atoms with Gasteiger partial charge in [0.25, 0.3) is 0 Å². The van der Waals surface area contributed by atoms with Gasteiger partial charge in [-0.25, -0.2) is 0 Å². The third-order valence-electron chi connectivity index (χ3n) is 9.54. The summed E-state index contributed by atoms with van der Waals surface area (Å²) in [6.45, 7) is 4.63. The molecule has 0 aromatic carbocycles. The van der Waals surface area contributed by atoms with E-state index < -0.39 is 0 Å². The zero-order valence-electron chi connectivity index (χ0n) is 17.2. The summed E-state index contributed by atoms with van der Waals surface area (Å²) in [7, 11) is 0. The predicted molar refractivity (Wildman–Crippen MR) is 120 cm³/mol. The summed E-state index contributed by atoms with van der Waals surface area (Å²) in [6, 6.07) is 0. The quantitative estimate of drug-likeness (QED) is 0.445. The van der Waals surface area contributed by atoms with E-state index in [0.29, 0.717) is 10.00 Å². The molecule has 0 spiro atoms. The van der Waals surface area contributed by atoms with E-state index in [-0.39, 0.29) is 0 Å². The van der Waals surface area contributed by atoms with Gasteiger partial charge in [-0.1, -0.05) is 39.5 Å². The lowest BCUT2D eigenvalue weighted by atomic mass is 9.53. The fraction of sp³-hybridized carbons (Fsp3) is 1.00. The minimum absolute atomic E-state index is 0.387. The van der Waals surface area contributed by atoms with Crippen molar-refractivity contribution in [1.82, 2.24) is 0 Å². The van der Waals surface area contributed by atoms with Crippen LogP contribution in [0.4, 0.5) is 0 Å². The maximum atomic E-state index is 5.49. The van der Waals surface area contributed by atoms with Gasteiger partial charge in [0, 0.05) is 10.00 Å². The Balaban J connectivity index is 1.38. The maximum absolute atomic E-state index is 5.49. The van der Waals surface area contributed by atoms with Gasteiger partial charge in [-0.15, -0.1) is 0 Å². The molecule has 26 heavy (non-hydrogen) atoms.